The van der Waals surface area contributed by atoms with E-state index in [-0.39, 0.29) is 38.7 Å². The van der Waals surface area contributed by atoms with Crippen LogP contribution in [0.25, 0.3) is 0 Å². The summed E-state index contributed by atoms with van der Waals surface area (Å²) in [4.78, 5) is 0. The number of hydroxylamine groups is 6. The van der Waals surface area contributed by atoms with Gasteiger partial charge in [0.25, 0.3) is 0 Å². The maximum absolute atomic E-state index is 8.76. The molecule has 0 aromatic rings. The minimum absolute atomic E-state index is 0. The smallest absolute Gasteiger partial charge is 0.105 e. The van der Waals surface area contributed by atoms with Gasteiger partial charge in [-0.3, -0.25) is 0 Å². The molecule has 0 fully saturated rings. The Morgan fingerprint density at radius 2 is 0.857 bits per heavy atom. The van der Waals surface area contributed by atoms with Crippen molar-refractivity contribution in [1.82, 2.24) is 0 Å². The van der Waals surface area contributed by atoms with Crippen LogP contribution in [0.4, 0.5) is 0 Å². The Balaban J connectivity index is -0.0000000625. The zero-order chi connectivity index (χ0) is 10.4. The third-order valence-electron chi connectivity index (χ3n) is 1.55. The summed E-state index contributed by atoms with van der Waals surface area (Å²) in [5, 5.41) is 17.5. The first-order chi connectivity index (χ1) is 5.12. The lowest BCUT2D eigenvalue weighted by molar-refractivity contribution is -1.07. The molecule has 0 aromatic heterocycles. The molecule has 2 N–H and O–H groups in total. The first kappa shape index (κ1) is 24.0. The number of hydrogen-bond donors (Lipinski definition) is 2. The summed E-state index contributed by atoms with van der Waals surface area (Å²) in [6.07, 6.45) is 0. The fourth-order valence-corrected chi connectivity index (χ4v) is 0. The molecular weight excluding hydrogens is 271 g/mol. The monoisotopic (exact) mass is 294 g/mol. The van der Waals surface area contributed by atoms with Crippen molar-refractivity contribution < 1.29 is 49.1 Å². The van der Waals surface area contributed by atoms with Crippen LogP contribution in [0.1, 0.15) is 13.8 Å². The predicted octanol–water partition coefficient (Wildman–Crippen LogP) is -5.05. The lowest BCUT2D eigenvalue weighted by atomic mass is 10.7. The topological polar surface area (TPSA) is 40.5 Å². The van der Waals surface area contributed by atoms with Crippen LogP contribution in [0.5, 0.6) is 0 Å². The zero-order valence-corrected chi connectivity index (χ0v) is 12.3. The van der Waals surface area contributed by atoms with Gasteiger partial charge in [-0.25, -0.2) is 10.4 Å². The first-order valence-electron chi connectivity index (χ1n) is 4.24. The number of nitrogens with zero attached hydrogens (tertiary/aromatic N) is 2. The molecule has 0 spiro atoms. The fraction of sp³-hybridized carbons (Fsp3) is 1.00. The van der Waals surface area contributed by atoms with Crippen molar-refractivity contribution in [3.63, 3.8) is 0 Å². The summed E-state index contributed by atoms with van der Waals surface area (Å²) in [5.41, 5.74) is 0. The highest BCUT2D eigenvalue weighted by atomic mass is 79.9. The number of rotatable bonds is 2. The highest BCUT2D eigenvalue weighted by Crippen LogP contribution is 1.83. The quantitative estimate of drug-likeness (QED) is 0.396. The number of quaternary nitrogens is 2. The SMILES string of the molecule is CC[N+](C)(C)O.CC[N+](C)(C)O.[Br-].[Cl-]. The number of hydrogen-bond acceptors (Lipinski definition) is 2. The minimum Gasteiger partial charge on any atom is -1.00 e. The van der Waals surface area contributed by atoms with Gasteiger partial charge in [0.15, 0.2) is 0 Å². The molecule has 0 aliphatic carbocycles. The van der Waals surface area contributed by atoms with E-state index in [1.54, 1.807) is 28.2 Å². The Morgan fingerprint density at radius 3 is 0.857 bits per heavy atom. The van der Waals surface area contributed by atoms with Crippen LogP contribution < -0.4 is 29.4 Å². The van der Waals surface area contributed by atoms with E-state index in [4.69, 9.17) is 10.4 Å². The molecule has 14 heavy (non-hydrogen) atoms. The van der Waals surface area contributed by atoms with Crippen molar-refractivity contribution in [3.05, 3.63) is 0 Å². The highest BCUT2D eigenvalue weighted by molar-refractivity contribution is 3.99. The second-order valence-electron chi connectivity index (χ2n) is 3.87. The summed E-state index contributed by atoms with van der Waals surface area (Å²) < 4.78 is 0.139. The lowest BCUT2D eigenvalue weighted by Gasteiger charge is -2.15. The molecule has 6 heteroatoms. The minimum atomic E-state index is 0. The second kappa shape index (κ2) is 10.1. The Hall–Kier alpha value is 0.610. The number of halogens is 2. The highest BCUT2D eigenvalue weighted by Gasteiger charge is 2.02. The summed E-state index contributed by atoms with van der Waals surface area (Å²) in [5.74, 6) is 0. The van der Waals surface area contributed by atoms with Crippen molar-refractivity contribution in [1.29, 1.82) is 0 Å². The van der Waals surface area contributed by atoms with Crippen LogP contribution in [0, 0.1) is 0 Å². The third kappa shape index (κ3) is 38.9. The molecule has 4 nitrogen and oxygen atoms in total. The summed E-state index contributed by atoms with van der Waals surface area (Å²) in [6.45, 7) is 5.39. The Labute approximate surface area is 104 Å². The molecule has 0 heterocycles. The molecule has 0 aromatic carbocycles. The average Bonchev–Trinajstić information content (AvgIpc) is 1.86. The van der Waals surface area contributed by atoms with Gasteiger partial charge >= 0.3 is 0 Å². The van der Waals surface area contributed by atoms with Crippen molar-refractivity contribution >= 4 is 0 Å². The normalized spacial score (nSPS) is 10.3. The fourth-order valence-electron chi connectivity index (χ4n) is 0. The summed E-state index contributed by atoms with van der Waals surface area (Å²) in [6, 6.07) is 0. The molecule has 0 saturated carbocycles. The molecule has 0 aliphatic rings. The maximum Gasteiger partial charge on any atom is 0.105 e. The van der Waals surface area contributed by atoms with E-state index >= 15 is 0 Å². The Bertz CT molecular complexity index is 98.9. The van der Waals surface area contributed by atoms with Gasteiger partial charge in [-0.05, 0) is 13.8 Å². The molecule has 0 radical (unpaired) electrons. The molecule has 0 bridgehead atoms. The molecule has 0 saturated heterocycles. The van der Waals surface area contributed by atoms with Gasteiger partial charge in [-0.2, -0.15) is 9.29 Å². The molecule has 0 amide bonds. The van der Waals surface area contributed by atoms with Crippen LogP contribution in [-0.2, 0) is 0 Å². The van der Waals surface area contributed by atoms with E-state index in [9.17, 15) is 0 Å². The van der Waals surface area contributed by atoms with E-state index in [0.29, 0.717) is 0 Å². The van der Waals surface area contributed by atoms with Crippen LogP contribution in [0.3, 0.4) is 0 Å². The van der Waals surface area contributed by atoms with Gasteiger partial charge < -0.3 is 29.4 Å². The van der Waals surface area contributed by atoms with Gasteiger partial charge in [0.2, 0.25) is 0 Å². The van der Waals surface area contributed by atoms with E-state index in [1.165, 1.54) is 0 Å². The van der Waals surface area contributed by atoms with E-state index < -0.39 is 0 Å². The lowest BCUT2D eigenvalue weighted by Crippen LogP contribution is -3.00. The van der Waals surface area contributed by atoms with Crippen molar-refractivity contribution in [2.75, 3.05) is 41.3 Å². The van der Waals surface area contributed by atoms with Crippen molar-refractivity contribution in [3.8, 4) is 0 Å². The van der Waals surface area contributed by atoms with Gasteiger partial charge in [0.05, 0.1) is 28.2 Å². The molecule has 0 rings (SSSR count). The van der Waals surface area contributed by atoms with Gasteiger partial charge in [-0.15, -0.1) is 0 Å². The summed E-state index contributed by atoms with van der Waals surface area (Å²) in [7, 11) is 6.94. The third-order valence-corrected chi connectivity index (χ3v) is 1.55. The molecule has 0 aliphatic heterocycles. The molecule has 92 valence electrons. The van der Waals surface area contributed by atoms with Crippen molar-refractivity contribution in [2.45, 2.75) is 13.8 Å². The Morgan fingerprint density at radius 1 is 0.786 bits per heavy atom. The zero-order valence-electron chi connectivity index (χ0n) is 9.96. The van der Waals surface area contributed by atoms with Gasteiger partial charge in [0.1, 0.15) is 13.1 Å². The van der Waals surface area contributed by atoms with Gasteiger partial charge in [-0.1, -0.05) is 0 Å². The predicted molar refractivity (Wildman–Crippen MR) is 48.9 cm³/mol. The summed E-state index contributed by atoms with van der Waals surface area (Å²) >= 11 is 0. The Kier molecular flexibility index (Phi) is 17.4. The van der Waals surface area contributed by atoms with E-state index in [1.807, 2.05) is 13.8 Å². The average molecular weight is 296 g/mol. The van der Waals surface area contributed by atoms with Gasteiger partial charge in [0, 0.05) is 0 Å². The van der Waals surface area contributed by atoms with Crippen LogP contribution in [-0.4, -0.2) is 61.0 Å². The standard InChI is InChI=1S/2C4H12NO.BrH.ClH/c2*1-4-5(2,3)6;;/h2*6H,4H2,1-3H3;2*1H/q2*+1;;/p-2. The van der Waals surface area contributed by atoms with E-state index in [2.05, 4.69) is 0 Å². The molecule has 0 unspecified atom stereocenters. The molecule has 0 atom stereocenters. The molecular formula is C8H24BrClN2O2. The maximum atomic E-state index is 8.76. The van der Waals surface area contributed by atoms with Crippen LogP contribution in [0.2, 0.25) is 0 Å². The first-order valence-corrected chi connectivity index (χ1v) is 4.24. The van der Waals surface area contributed by atoms with Crippen LogP contribution >= 0.6 is 0 Å². The largest absolute Gasteiger partial charge is 1.00 e. The van der Waals surface area contributed by atoms with Crippen molar-refractivity contribution in [2.24, 2.45) is 0 Å². The second-order valence-corrected chi connectivity index (χ2v) is 3.87. The van der Waals surface area contributed by atoms with E-state index in [0.717, 1.165) is 13.1 Å². The van der Waals surface area contributed by atoms with Crippen LogP contribution in [0.15, 0.2) is 0 Å².